The molecule has 0 aliphatic carbocycles. The Morgan fingerprint density at radius 2 is 2.09 bits per heavy atom. The van der Waals surface area contributed by atoms with Crippen LogP contribution in [0.1, 0.15) is 18.7 Å². The van der Waals surface area contributed by atoms with Crippen LogP contribution in [0.4, 0.5) is 0 Å². The van der Waals surface area contributed by atoms with Gasteiger partial charge in [0.05, 0.1) is 5.39 Å². The Hall–Kier alpha value is -1.29. The summed E-state index contributed by atoms with van der Waals surface area (Å²) in [6, 6.07) is 1.75. The highest BCUT2D eigenvalue weighted by Crippen LogP contribution is 2.15. The first-order valence-corrected chi connectivity index (χ1v) is 9.50. The Labute approximate surface area is 132 Å². The van der Waals surface area contributed by atoms with Gasteiger partial charge in [-0.2, -0.15) is 12.7 Å². The molecule has 0 atom stereocenters. The highest BCUT2D eigenvalue weighted by atomic mass is 32.2. The van der Waals surface area contributed by atoms with Crippen LogP contribution in [0.2, 0.25) is 0 Å². The third-order valence-corrected chi connectivity index (χ3v) is 6.22. The van der Waals surface area contributed by atoms with E-state index < -0.39 is 10.2 Å². The molecule has 0 spiro atoms. The maximum Gasteiger partial charge on any atom is 0.279 e. The lowest BCUT2D eigenvalue weighted by Gasteiger charge is -2.16. The summed E-state index contributed by atoms with van der Waals surface area (Å²) >= 11 is 1.43. The average molecular weight is 342 g/mol. The van der Waals surface area contributed by atoms with Gasteiger partial charge >= 0.3 is 0 Å². The number of thiophene rings is 1. The topological polar surface area (TPSA) is 84.3 Å². The SMILES string of the molecule is Cc1nc2sccc2c(=O)n1CCNS(=O)(=O)N1CCCC1. The molecule has 1 saturated heterocycles. The lowest BCUT2D eigenvalue weighted by molar-refractivity contribution is 0.461. The minimum absolute atomic E-state index is 0.121. The summed E-state index contributed by atoms with van der Waals surface area (Å²) in [7, 11) is -3.44. The first kappa shape index (κ1) is 15.6. The molecule has 7 nitrogen and oxygen atoms in total. The molecule has 9 heteroatoms. The standard InChI is InChI=1S/C13H18N4O3S2/c1-10-15-12-11(4-9-21-12)13(18)17(10)8-5-14-22(19,20)16-6-2-3-7-16/h4,9,14H,2-3,5-8H2,1H3. The van der Waals surface area contributed by atoms with E-state index >= 15 is 0 Å². The minimum atomic E-state index is -3.44. The summed E-state index contributed by atoms with van der Waals surface area (Å²) in [6.45, 7) is 3.34. The Morgan fingerprint density at radius 1 is 1.36 bits per heavy atom. The Bertz CT molecular complexity index is 835. The molecule has 3 heterocycles. The van der Waals surface area contributed by atoms with Crippen molar-refractivity contribution in [2.24, 2.45) is 0 Å². The van der Waals surface area contributed by atoms with E-state index in [1.54, 1.807) is 13.0 Å². The van der Waals surface area contributed by atoms with E-state index in [0.29, 0.717) is 24.3 Å². The van der Waals surface area contributed by atoms with Crippen LogP contribution in [0.25, 0.3) is 10.2 Å². The fraction of sp³-hybridized carbons (Fsp3) is 0.538. The molecule has 0 unspecified atom stereocenters. The Morgan fingerprint density at radius 3 is 2.82 bits per heavy atom. The molecular formula is C13H18N4O3S2. The van der Waals surface area contributed by atoms with E-state index in [4.69, 9.17) is 0 Å². The van der Waals surface area contributed by atoms with Gasteiger partial charge in [-0.3, -0.25) is 9.36 Å². The molecule has 0 bridgehead atoms. The fourth-order valence-corrected chi connectivity index (χ4v) is 4.69. The van der Waals surface area contributed by atoms with Crippen molar-refractivity contribution in [2.75, 3.05) is 19.6 Å². The lowest BCUT2D eigenvalue weighted by atomic mass is 10.4. The number of nitrogens with one attached hydrogen (secondary N) is 1. The highest BCUT2D eigenvalue weighted by molar-refractivity contribution is 7.87. The summed E-state index contributed by atoms with van der Waals surface area (Å²) < 4.78 is 29.7. The van der Waals surface area contributed by atoms with Crippen molar-refractivity contribution in [3.05, 3.63) is 27.6 Å². The molecule has 1 N–H and O–H groups in total. The summed E-state index contributed by atoms with van der Waals surface area (Å²) in [5.74, 6) is 0.598. The molecule has 0 saturated carbocycles. The van der Waals surface area contributed by atoms with Gasteiger partial charge in [-0.05, 0) is 31.2 Å². The summed E-state index contributed by atoms with van der Waals surface area (Å²) in [6.07, 6.45) is 1.80. The van der Waals surface area contributed by atoms with Crippen LogP contribution in [0.15, 0.2) is 16.2 Å². The van der Waals surface area contributed by atoms with Gasteiger partial charge in [-0.1, -0.05) is 0 Å². The molecule has 3 rings (SSSR count). The zero-order valence-corrected chi connectivity index (χ0v) is 13.9. The van der Waals surface area contributed by atoms with E-state index in [0.717, 1.165) is 17.7 Å². The fourth-order valence-electron chi connectivity index (χ4n) is 2.62. The van der Waals surface area contributed by atoms with Crippen LogP contribution in [0, 0.1) is 6.92 Å². The van der Waals surface area contributed by atoms with Crippen molar-refractivity contribution in [3.8, 4) is 0 Å². The van der Waals surface area contributed by atoms with Gasteiger partial charge in [-0.25, -0.2) is 9.71 Å². The number of rotatable bonds is 5. The van der Waals surface area contributed by atoms with Crippen molar-refractivity contribution < 1.29 is 8.42 Å². The van der Waals surface area contributed by atoms with Crippen LogP contribution >= 0.6 is 11.3 Å². The van der Waals surface area contributed by atoms with Crippen LogP contribution in [-0.4, -0.2) is 41.9 Å². The van der Waals surface area contributed by atoms with Crippen molar-refractivity contribution in [3.63, 3.8) is 0 Å². The van der Waals surface area contributed by atoms with Gasteiger partial charge < -0.3 is 0 Å². The van der Waals surface area contributed by atoms with E-state index in [2.05, 4.69) is 9.71 Å². The zero-order valence-electron chi connectivity index (χ0n) is 12.3. The third kappa shape index (κ3) is 2.94. The van der Waals surface area contributed by atoms with Gasteiger partial charge in [-0.15, -0.1) is 11.3 Å². The molecule has 1 aliphatic rings. The number of aryl methyl sites for hydroxylation is 1. The number of hydrogen-bond donors (Lipinski definition) is 1. The second-order valence-electron chi connectivity index (χ2n) is 5.26. The summed E-state index contributed by atoms with van der Waals surface area (Å²) in [4.78, 5) is 17.5. The number of fused-ring (bicyclic) bond motifs is 1. The first-order valence-electron chi connectivity index (χ1n) is 7.18. The van der Waals surface area contributed by atoms with Gasteiger partial charge in [0.2, 0.25) is 0 Å². The van der Waals surface area contributed by atoms with Crippen molar-refractivity contribution in [1.29, 1.82) is 0 Å². The molecule has 22 heavy (non-hydrogen) atoms. The second-order valence-corrected chi connectivity index (χ2v) is 7.91. The Balaban J connectivity index is 1.73. The van der Waals surface area contributed by atoms with Crippen molar-refractivity contribution >= 4 is 31.8 Å². The van der Waals surface area contributed by atoms with Crippen molar-refractivity contribution in [2.45, 2.75) is 26.3 Å². The monoisotopic (exact) mass is 342 g/mol. The maximum absolute atomic E-state index is 12.4. The molecule has 1 aliphatic heterocycles. The molecular weight excluding hydrogens is 324 g/mol. The number of aromatic nitrogens is 2. The highest BCUT2D eigenvalue weighted by Gasteiger charge is 2.24. The molecule has 0 radical (unpaired) electrons. The van der Waals surface area contributed by atoms with Gasteiger partial charge in [0.15, 0.2) is 0 Å². The largest absolute Gasteiger partial charge is 0.295 e. The number of hydrogen-bond acceptors (Lipinski definition) is 5. The van der Waals surface area contributed by atoms with E-state index in [9.17, 15) is 13.2 Å². The van der Waals surface area contributed by atoms with E-state index in [1.807, 2.05) is 5.38 Å². The van der Waals surface area contributed by atoms with Gasteiger partial charge in [0.25, 0.3) is 15.8 Å². The first-order chi connectivity index (χ1) is 10.5. The third-order valence-electron chi connectivity index (χ3n) is 3.80. The van der Waals surface area contributed by atoms with Gasteiger partial charge in [0, 0.05) is 26.2 Å². The summed E-state index contributed by atoms with van der Waals surface area (Å²) in [5, 5.41) is 2.41. The minimum Gasteiger partial charge on any atom is -0.295 e. The quantitative estimate of drug-likeness (QED) is 0.867. The van der Waals surface area contributed by atoms with Crippen LogP contribution in [0.5, 0.6) is 0 Å². The molecule has 0 aromatic carbocycles. The van der Waals surface area contributed by atoms with Crippen molar-refractivity contribution in [1.82, 2.24) is 18.6 Å². The van der Waals surface area contributed by atoms with E-state index in [1.165, 1.54) is 20.2 Å². The zero-order chi connectivity index (χ0) is 15.7. The molecule has 120 valence electrons. The van der Waals surface area contributed by atoms with Crippen LogP contribution in [-0.2, 0) is 16.8 Å². The maximum atomic E-state index is 12.4. The normalized spacial score (nSPS) is 16.6. The van der Waals surface area contributed by atoms with Crippen LogP contribution < -0.4 is 10.3 Å². The smallest absolute Gasteiger partial charge is 0.279 e. The molecule has 1 fully saturated rings. The number of nitrogens with zero attached hydrogens (tertiary/aromatic N) is 3. The summed E-state index contributed by atoms with van der Waals surface area (Å²) in [5.41, 5.74) is -0.121. The van der Waals surface area contributed by atoms with E-state index in [-0.39, 0.29) is 18.6 Å². The predicted molar refractivity (Wildman–Crippen MR) is 86.3 cm³/mol. The molecule has 2 aromatic rings. The molecule has 2 aromatic heterocycles. The average Bonchev–Trinajstić information content (AvgIpc) is 3.12. The molecule has 0 amide bonds. The van der Waals surface area contributed by atoms with Crippen LogP contribution in [0.3, 0.4) is 0 Å². The van der Waals surface area contributed by atoms with Gasteiger partial charge in [0.1, 0.15) is 10.7 Å². The predicted octanol–water partition coefficient (Wildman–Crippen LogP) is 0.697. The Kier molecular flexibility index (Phi) is 4.31. The second kappa shape index (κ2) is 6.07. The lowest BCUT2D eigenvalue weighted by Crippen LogP contribution is -2.41.